The van der Waals surface area contributed by atoms with E-state index in [1.807, 2.05) is 0 Å². The number of aliphatic hydroxyl groups is 1. The normalized spacial score (nSPS) is 18.0. The fourth-order valence-electron chi connectivity index (χ4n) is 2.46. The van der Waals surface area contributed by atoms with E-state index in [1.165, 1.54) is 36.1 Å². The van der Waals surface area contributed by atoms with Gasteiger partial charge in [-0.2, -0.15) is 0 Å². The molecule has 1 aromatic carbocycles. The molecule has 1 amide bonds. The number of carbonyl (C=O) groups is 2. The van der Waals surface area contributed by atoms with Crippen LogP contribution in [0.25, 0.3) is 0 Å². The number of hydrogen-bond donors (Lipinski definition) is 1. The summed E-state index contributed by atoms with van der Waals surface area (Å²) in [6, 6.07) is 4.85. The van der Waals surface area contributed by atoms with Crippen LogP contribution in [0, 0.1) is 10.1 Å². The molecule has 0 aliphatic carbocycles. The molecule has 1 atom stereocenters. The molecule has 1 N–H and O–H groups in total. The minimum absolute atomic E-state index is 0.0137. The third-order valence-electron chi connectivity index (χ3n) is 3.43. The average Bonchev–Trinajstić information content (AvgIpc) is 2.72. The lowest BCUT2D eigenvalue weighted by molar-refractivity contribution is -0.384. The van der Waals surface area contributed by atoms with E-state index in [0.717, 1.165) is 0 Å². The van der Waals surface area contributed by atoms with Crippen LogP contribution in [0.3, 0.4) is 0 Å². The molecule has 2 rings (SSSR count). The van der Waals surface area contributed by atoms with Crippen molar-refractivity contribution in [1.82, 2.24) is 4.90 Å². The van der Waals surface area contributed by atoms with Crippen molar-refractivity contribution >= 4 is 33.3 Å². The van der Waals surface area contributed by atoms with Gasteiger partial charge in [-0.05, 0) is 24.6 Å². The molecule has 1 heterocycles. The van der Waals surface area contributed by atoms with Gasteiger partial charge in [-0.15, -0.1) is 0 Å². The molecule has 0 aromatic heterocycles. The molecule has 1 aromatic rings. The highest BCUT2D eigenvalue weighted by Crippen LogP contribution is 2.37. The van der Waals surface area contributed by atoms with E-state index in [1.54, 1.807) is 0 Å². The summed E-state index contributed by atoms with van der Waals surface area (Å²) in [6.07, 6.45) is 0. The van der Waals surface area contributed by atoms with Gasteiger partial charge in [0.25, 0.3) is 11.6 Å². The Balaban J connectivity index is 2.49. The van der Waals surface area contributed by atoms with Crippen LogP contribution in [0.15, 0.2) is 35.6 Å². The first-order valence-electron chi connectivity index (χ1n) is 6.43. The number of halogens is 1. The van der Waals surface area contributed by atoms with E-state index in [-0.39, 0.29) is 11.3 Å². The molecule has 0 radical (unpaired) electrons. The summed E-state index contributed by atoms with van der Waals surface area (Å²) >= 11 is 3.23. The molecule has 0 saturated heterocycles. The standard InChI is InChI=1S/C14H13BrN2O5/c1-8(18)11-12(16(7-6-15)14(20)13(11)19)9-2-4-10(5-3-9)17(21)22/h2-5,12,19H,6-7H2,1H3/t12-/m1/s1. The topological polar surface area (TPSA) is 101 Å². The van der Waals surface area contributed by atoms with Crippen LogP contribution in [0.5, 0.6) is 0 Å². The number of ketones is 1. The molecule has 0 unspecified atom stereocenters. The highest BCUT2D eigenvalue weighted by Gasteiger charge is 2.41. The maximum atomic E-state index is 12.1. The zero-order valence-corrected chi connectivity index (χ0v) is 13.2. The predicted molar refractivity (Wildman–Crippen MR) is 81.7 cm³/mol. The Kier molecular flexibility index (Phi) is 4.60. The minimum atomic E-state index is -0.733. The highest BCUT2D eigenvalue weighted by atomic mass is 79.9. The van der Waals surface area contributed by atoms with E-state index in [2.05, 4.69) is 15.9 Å². The van der Waals surface area contributed by atoms with Gasteiger partial charge in [-0.3, -0.25) is 19.7 Å². The van der Waals surface area contributed by atoms with Crippen LogP contribution in [0.4, 0.5) is 5.69 Å². The van der Waals surface area contributed by atoms with Gasteiger partial charge in [0.15, 0.2) is 11.5 Å². The summed E-state index contributed by atoms with van der Waals surface area (Å²) in [7, 11) is 0. The second kappa shape index (κ2) is 6.27. The SMILES string of the molecule is CC(=O)C1=C(O)C(=O)N(CCBr)[C@@H]1c1ccc([N+](=O)[O-])cc1. The van der Waals surface area contributed by atoms with E-state index in [9.17, 15) is 24.8 Å². The Bertz CT molecular complexity index is 668. The molecule has 116 valence electrons. The van der Waals surface area contributed by atoms with E-state index >= 15 is 0 Å². The lowest BCUT2D eigenvalue weighted by Crippen LogP contribution is -2.32. The van der Waals surface area contributed by atoms with Crippen LogP contribution in [0.1, 0.15) is 18.5 Å². The zero-order valence-electron chi connectivity index (χ0n) is 11.7. The molecule has 0 bridgehead atoms. The number of aliphatic hydroxyl groups excluding tert-OH is 1. The van der Waals surface area contributed by atoms with Crippen molar-refractivity contribution in [2.24, 2.45) is 0 Å². The molecular weight excluding hydrogens is 356 g/mol. The van der Waals surface area contributed by atoms with Crippen molar-refractivity contribution in [2.45, 2.75) is 13.0 Å². The van der Waals surface area contributed by atoms with Gasteiger partial charge in [-0.25, -0.2) is 0 Å². The number of nitro benzene ring substituents is 1. The molecule has 22 heavy (non-hydrogen) atoms. The van der Waals surface area contributed by atoms with Gasteiger partial charge >= 0.3 is 0 Å². The number of Topliss-reactive ketones (excluding diaryl/α,β-unsaturated/α-hetero) is 1. The molecule has 1 aliphatic rings. The first kappa shape index (κ1) is 16.2. The number of amides is 1. The highest BCUT2D eigenvalue weighted by molar-refractivity contribution is 9.09. The fourth-order valence-corrected chi connectivity index (χ4v) is 2.84. The Morgan fingerprint density at radius 2 is 2.00 bits per heavy atom. The lowest BCUT2D eigenvalue weighted by atomic mass is 9.96. The van der Waals surface area contributed by atoms with E-state index in [0.29, 0.717) is 17.4 Å². The van der Waals surface area contributed by atoms with E-state index in [4.69, 9.17) is 0 Å². The van der Waals surface area contributed by atoms with Crippen molar-refractivity contribution in [3.05, 3.63) is 51.3 Å². The number of nitro groups is 1. The fraction of sp³-hybridized carbons (Fsp3) is 0.286. The van der Waals surface area contributed by atoms with Crippen LogP contribution < -0.4 is 0 Å². The maximum Gasteiger partial charge on any atom is 0.290 e. The third-order valence-corrected chi connectivity index (χ3v) is 3.78. The Morgan fingerprint density at radius 1 is 1.41 bits per heavy atom. The molecule has 7 nitrogen and oxygen atoms in total. The summed E-state index contributed by atoms with van der Waals surface area (Å²) < 4.78 is 0. The number of rotatable bonds is 5. The Labute approximate surface area is 134 Å². The second-order valence-electron chi connectivity index (χ2n) is 4.76. The summed E-state index contributed by atoms with van der Waals surface area (Å²) in [6.45, 7) is 1.57. The molecule has 0 spiro atoms. The molecule has 0 fully saturated rings. The summed E-state index contributed by atoms with van der Waals surface area (Å²) in [5.74, 6) is -1.59. The molecular formula is C14H13BrN2O5. The molecule has 0 saturated carbocycles. The van der Waals surface area contributed by atoms with Gasteiger partial charge in [0.1, 0.15) is 0 Å². The number of hydrogen-bond acceptors (Lipinski definition) is 5. The minimum Gasteiger partial charge on any atom is -0.503 e. The first-order valence-corrected chi connectivity index (χ1v) is 7.56. The number of nitrogens with zero attached hydrogens (tertiary/aromatic N) is 2. The van der Waals surface area contributed by atoms with Crippen LogP contribution in [0.2, 0.25) is 0 Å². The number of non-ortho nitro benzene ring substituents is 1. The average molecular weight is 369 g/mol. The summed E-state index contributed by atoms with van der Waals surface area (Å²) in [5, 5.41) is 21.1. The van der Waals surface area contributed by atoms with Crippen LogP contribution in [-0.4, -0.2) is 38.5 Å². The van der Waals surface area contributed by atoms with Crippen molar-refractivity contribution in [2.75, 3.05) is 11.9 Å². The van der Waals surface area contributed by atoms with Crippen molar-refractivity contribution in [1.29, 1.82) is 0 Å². The zero-order chi connectivity index (χ0) is 16.4. The monoisotopic (exact) mass is 368 g/mol. The predicted octanol–water partition coefficient (Wildman–Crippen LogP) is 2.27. The molecule has 1 aliphatic heterocycles. The van der Waals surface area contributed by atoms with Gasteiger partial charge in [0.2, 0.25) is 0 Å². The van der Waals surface area contributed by atoms with Crippen LogP contribution >= 0.6 is 15.9 Å². The smallest absolute Gasteiger partial charge is 0.290 e. The van der Waals surface area contributed by atoms with Crippen molar-refractivity contribution in [3.63, 3.8) is 0 Å². The van der Waals surface area contributed by atoms with Gasteiger partial charge < -0.3 is 10.0 Å². The lowest BCUT2D eigenvalue weighted by Gasteiger charge is -2.25. The summed E-state index contributed by atoms with van der Waals surface area (Å²) in [5.41, 5.74) is 0.464. The van der Waals surface area contributed by atoms with E-state index < -0.39 is 28.4 Å². The van der Waals surface area contributed by atoms with Gasteiger partial charge in [0, 0.05) is 24.0 Å². The number of alkyl halides is 1. The number of carbonyl (C=O) groups excluding carboxylic acids is 2. The quantitative estimate of drug-likeness (QED) is 0.488. The van der Waals surface area contributed by atoms with Crippen molar-refractivity contribution in [3.8, 4) is 0 Å². The first-order chi connectivity index (χ1) is 10.4. The largest absolute Gasteiger partial charge is 0.503 e. The Morgan fingerprint density at radius 3 is 2.45 bits per heavy atom. The molecule has 8 heteroatoms. The van der Waals surface area contributed by atoms with Gasteiger partial charge in [0.05, 0.1) is 16.5 Å². The Hall–Kier alpha value is -2.22. The van der Waals surface area contributed by atoms with Gasteiger partial charge in [-0.1, -0.05) is 15.9 Å². The maximum absolute atomic E-state index is 12.1. The second-order valence-corrected chi connectivity index (χ2v) is 5.55. The van der Waals surface area contributed by atoms with Crippen LogP contribution in [-0.2, 0) is 9.59 Å². The van der Waals surface area contributed by atoms with Crippen molar-refractivity contribution < 1.29 is 19.6 Å². The third kappa shape index (κ3) is 2.74. The number of benzene rings is 1. The summed E-state index contributed by atoms with van der Waals surface area (Å²) in [4.78, 5) is 35.4.